The SMILES string of the molecule is CN(C)CCOc1ccc(-c2cc3c(C#CCO)cccc3c(=O)[nH]2)cc1. The Labute approximate surface area is 158 Å². The number of aliphatic hydroxyl groups is 1. The molecule has 5 heteroatoms. The van der Waals surface area contributed by atoms with Gasteiger partial charge in [-0.25, -0.2) is 0 Å². The van der Waals surface area contributed by atoms with E-state index in [-0.39, 0.29) is 12.2 Å². The lowest BCUT2D eigenvalue weighted by Gasteiger charge is -2.11. The highest BCUT2D eigenvalue weighted by atomic mass is 16.5. The molecule has 3 rings (SSSR count). The van der Waals surface area contributed by atoms with Crippen LogP contribution in [-0.2, 0) is 0 Å². The number of aliphatic hydroxyl groups excluding tert-OH is 1. The number of pyridine rings is 1. The zero-order valence-corrected chi connectivity index (χ0v) is 15.5. The maximum Gasteiger partial charge on any atom is 0.256 e. The molecule has 0 unspecified atom stereocenters. The van der Waals surface area contributed by atoms with Crippen LogP contribution in [0.4, 0.5) is 0 Å². The van der Waals surface area contributed by atoms with Crippen molar-refractivity contribution in [3.8, 4) is 28.8 Å². The minimum atomic E-state index is -0.221. The molecule has 0 amide bonds. The number of nitrogens with one attached hydrogen (secondary N) is 1. The number of rotatable bonds is 5. The van der Waals surface area contributed by atoms with Gasteiger partial charge < -0.3 is 19.7 Å². The van der Waals surface area contributed by atoms with Gasteiger partial charge in [0.15, 0.2) is 0 Å². The average molecular weight is 362 g/mol. The third-order valence-corrected chi connectivity index (χ3v) is 4.16. The van der Waals surface area contributed by atoms with Crippen LogP contribution in [0.1, 0.15) is 5.56 Å². The van der Waals surface area contributed by atoms with Gasteiger partial charge in [-0.1, -0.05) is 17.9 Å². The Hall–Kier alpha value is -3.07. The Kier molecular flexibility index (Phi) is 5.92. The van der Waals surface area contributed by atoms with Crippen LogP contribution in [-0.4, -0.2) is 48.8 Å². The lowest BCUT2D eigenvalue weighted by molar-refractivity contribution is 0.261. The molecule has 0 saturated heterocycles. The molecule has 5 nitrogen and oxygen atoms in total. The smallest absolute Gasteiger partial charge is 0.256 e. The normalized spacial score (nSPS) is 10.7. The first kappa shape index (κ1) is 18.7. The van der Waals surface area contributed by atoms with Crippen LogP contribution in [0.5, 0.6) is 5.75 Å². The Bertz CT molecular complexity index is 1040. The summed E-state index contributed by atoms with van der Waals surface area (Å²) in [6, 6.07) is 14.9. The van der Waals surface area contributed by atoms with Crippen molar-refractivity contribution in [3.05, 3.63) is 64.4 Å². The van der Waals surface area contributed by atoms with Crippen molar-refractivity contribution >= 4 is 10.8 Å². The van der Waals surface area contributed by atoms with Crippen molar-refractivity contribution in [2.24, 2.45) is 0 Å². The molecule has 0 atom stereocenters. The van der Waals surface area contributed by atoms with Crippen molar-refractivity contribution in [1.82, 2.24) is 9.88 Å². The van der Waals surface area contributed by atoms with Crippen molar-refractivity contribution in [2.75, 3.05) is 33.9 Å². The first-order valence-corrected chi connectivity index (χ1v) is 8.72. The summed E-state index contributed by atoms with van der Waals surface area (Å²) in [6.07, 6.45) is 0. The molecule has 0 aliphatic carbocycles. The molecule has 27 heavy (non-hydrogen) atoms. The zero-order valence-electron chi connectivity index (χ0n) is 15.5. The summed E-state index contributed by atoms with van der Waals surface area (Å²) < 4.78 is 5.71. The minimum Gasteiger partial charge on any atom is -0.492 e. The first-order chi connectivity index (χ1) is 13.1. The topological polar surface area (TPSA) is 65.6 Å². The maximum atomic E-state index is 12.5. The minimum absolute atomic E-state index is 0.165. The van der Waals surface area contributed by atoms with E-state index in [1.165, 1.54) is 0 Å². The Balaban J connectivity index is 1.93. The van der Waals surface area contributed by atoms with E-state index in [2.05, 4.69) is 21.7 Å². The van der Waals surface area contributed by atoms with E-state index >= 15 is 0 Å². The quantitative estimate of drug-likeness (QED) is 0.685. The van der Waals surface area contributed by atoms with E-state index in [1.807, 2.05) is 50.5 Å². The number of hydrogen-bond donors (Lipinski definition) is 2. The van der Waals surface area contributed by atoms with E-state index in [4.69, 9.17) is 9.84 Å². The number of aromatic nitrogens is 1. The molecule has 0 aliphatic heterocycles. The van der Waals surface area contributed by atoms with Gasteiger partial charge in [0.05, 0.1) is 0 Å². The summed E-state index contributed by atoms with van der Waals surface area (Å²) in [5, 5.41) is 10.3. The van der Waals surface area contributed by atoms with Crippen molar-refractivity contribution in [1.29, 1.82) is 0 Å². The van der Waals surface area contributed by atoms with Crippen LogP contribution < -0.4 is 10.3 Å². The molecule has 1 heterocycles. The van der Waals surface area contributed by atoms with E-state index in [1.54, 1.807) is 12.1 Å². The predicted molar refractivity (Wildman–Crippen MR) is 108 cm³/mol. The summed E-state index contributed by atoms with van der Waals surface area (Å²) in [5.41, 5.74) is 2.16. The fourth-order valence-electron chi connectivity index (χ4n) is 2.76. The average Bonchev–Trinajstić information content (AvgIpc) is 2.66. The van der Waals surface area contributed by atoms with Gasteiger partial charge in [0.1, 0.15) is 19.0 Å². The van der Waals surface area contributed by atoms with E-state index in [0.29, 0.717) is 17.7 Å². The Morgan fingerprint density at radius 2 is 1.89 bits per heavy atom. The van der Waals surface area contributed by atoms with Gasteiger partial charge in [-0.05, 0) is 62.1 Å². The number of hydrogen-bond acceptors (Lipinski definition) is 4. The third-order valence-electron chi connectivity index (χ3n) is 4.16. The Morgan fingerprint density at radius 3 is 2.59 bits per heavy atom. The van der Waals surface area contributed by atoms with Crippen LogP contribution in [0.2, 0.25) is 0 Å². The molecule has 2 N–H and O–H groups in total. The summed E-state index contributed by atoms with van der Waals surface area (Å²) in [7, 11) is 4.00. The highest BCUT2D eigenvalue weighted by molar-refractivity contribution is 5.90. The number of likely N-dealkylation sites (N-methyl/N-ethyl adjacent to an activating group) is 1. The second kappa shape index (κ2) is 8.54. The van der Waals surface area contributed by atoms with Crippen LogP contribution in [0, 0.1) is 11.8 Å². The highest BCUT2D eigenvalue weighted by Crippen LogP contribution is 2.24. The molecule has 2 aromatic carbocycles. The number of nitrogens with zero attached hydrogens (tertiary/aromatic N) is 1. The fourth-order valence-corrected chi connectivity index (χ4v) is 2.76. The molecule has 0 spiro atoms. The van der Waals surface area contributed by atoms with E-state index in [0.717, 1.165) is 28.8 Å². The molecule has 0 bridgehead atoms. The number of ether oxygens (including phenoxy) is 1. The van der Waals surface area contributed by atoms with Gasteiger partial charge in [-0.15, -0.1) is 0 Å². The van der Waals surface area contributed by atoms with Crippen molar-refractivity contribution < 1.29 is 9.84 Å². The van der Waals surface area contributed by atoms with Gasteiger partial charge >= 0.3 is 0 Å². The van der Waals surface area contributed by atoms with Crippen LogP contribution in [0.3, 0.4) is 0 Å². The lowest BCUT2D eigenvalue weighted by Crippen LogP contribution is -2.19. The number of fused-ring (bicyclic) bond motifs is 1. The van der Waals surface area contributed by atoms with Crippen LogP contribution >= 0.6 is 0 Å². The van der Waals surface area contributed by atoms with Gasteiger partial charge in [0, 0.05) is 28.6 Å². The van der Waals surface area contributed by atoms with Crippen molar-refractivity contribution in [3.63, 3.8) is 0 Å². The largest absolute Gasteiger partial charge is 0.492 e. The van der Waals surface area contributed by atoms with Gasteiger partial charge in [-0.2, -0.15) is 0 Å². The summed E-state index contributed by atoms with van der Waals surface area (Å²) >= 11 is 0. The van der Waals surface area contributed by atoms with Gasteiger partial charge in [0.2, 0.25) is 0 Å². The third kappa shape index (κ3) is 4.56. The number of benzene rings is 2. The standard InChI is InChI=1S/C22H22N2O3/c1-24(2)12-14-27-18-10-8-17(9-11-18)21-15-20-16(6-4-13-25)5-3-7-19(20)22(26)23-21/h3,5,7-11,15,25H,12-14H2,1-2H3,(H,23,26). The van der Waals surface area contributed by atoms with E-state index < -0.39 is 0 Å². The monoisotopic (exact) mass is 362 g/mol. The second-order valence-corrected chi connectivity index (χ2v) is 6.41. The Morgan fingerprint density at radius 1 is 1.11 bits per heavy atom. The summed E-state index contributed by atoms with van der Waals surface area (Å²) in [6.45, 7) is 1.24. The number of H-pyrrole nitrogens is 1. The lowest BCUT2D eigenvalue weighted by atomic mass is 10.0. The summed E-state index contributed by atoms with van der Waals surface area (Å²) in [4.78, 5) is 17.5. The summed E-state index contributed by atoms with van der Waals surface area (Å²) in [5.74, 6) is 6.34. The molecule has 1 aromatic heterocycles. The first-order valence-electron chi connectivity index (χ1n) is 8.72. The molecular weight excluding hydrogens is 340 g/mol. The molecule has 0 fully saturated rings. The molecule has 0 aliphatic rings. The molecule has 3 aromatic rings. The molecule has 138 valence electrons. The molecule has 0 saturated carbocycles. The molecule has 0 radical (unpaired) electrons. The maximum absolute atomic E-state index is 12.5. The fraction of sp³-hybridized carbons (Fsp3) is 0.227. The van der Waals surface area contributed by atoms with Crippen molar-refractivity contribution in [2.45, 2.75) is 0 Å². The van der Waals surface area contributed by atoms with Crippen LogP contribution in [0.25, 0.3) is 22.0 Å². The zero-order chi connectivity index (χ0) is 19.2. The van der Waals surface area contributed by atoms with Gasteiger partial charge in [-0.3, -0.25) is 4.79 Å². The van der Waals surface area contributed by atoms with Crippen LogP contribution in [0.15, 0.2) is 53.3 Å². The highest BCUT2D eigenvalue weighted by Gasteiger charge is 2.07. The predicted octanol–water partition coefficient (Wildman–Crippen LogP) is 2.48. The van der Waals surface area contributed by atoms with Gasteiger partial charge in [0.25, 0.3) is 5.56 Å². The molecular formula is C22H22N2O3. The number of aromatic amines is 1. The van der Waals surface area contributed by atoms with E-state index in [9.17, 15) is 4.79 Å². The second-order valence-electron chi connectivity index (χ2n) is 6.41.